The number of para-hydroxylation sites is 2. The van der Waals surface area contributed by atoms with Crippen LogP contribution in [-0.2, 0) is 4.79 Å². The fourth-order valence-electron chi connectivity index (χ4n) is 2.61. The van der Waals surface area contributed by atoms with Gasteiger partial charge in [0.05, 0.1) is 6.61 Å². The lowest BCUT2D eigenvalue weighted by Crippen LogP contribution is -2.31. The predicted molar refractivity (Wildman–Crippen MR) is 100 cm³/mol. The molecule has 0 aromatic heterocycles. The van der Waals surface area contributed by atoms with Crippen LogP contribution in [0.3, 0.4) is 0 Å². The number of rotatable bonds is 6. The lowest BCUT2D eigenvalue weighted by Gasteiger charge is -2.19. The first kappa shape index (κ1) is 16.8. The second kappa shape index (κ2) is 7.71. The Morgan fingerprint density at radius 2 is 1.52 bits per heavy atom. The van der Waals surface area contributed by atoms with Crippen LogP contribution in [0.5, 0.6) is 11.5 Å². The first-order chi connectivity index (χ1) is 12.2. The van der Waals surface area contributed by atoms with Crippen LogP contribution in [0.1, 0.15) is 6.92 Å². The molecule has 0 fully saturated rings. The van der Waals surface area contributed by atoms with Crippen LogP contribution in [0.15, 0.2) is 66.7 Å². The zero-order chi connectivity index (χ0) is 17.6. The fraction of sp³-hybridized carbons (Fsp3) is 0.190. The van der Waals surface area contributed by atoms with Crippen LogP contribution >= 0.6 is 0 Å². The average molecular weight is 335 g/mol. The summed E-state index contributed by atoms with van der Waals surface area (Å²) in [6.45, 7) is 2.41. The SMILES string of the molecule is CCOc1ccccc1OCC(=O)N(C)c1ccc2ccccc2c1. The van der Waals surface area contributed by atoms with Crippen LogP contribution in [0.25, 0.3) is 10.8 Å². The lowest BCUT2D eigenvalue weighted by atomic mass is 10.1. The highest BCUT2D eigenvalue weighted by atomic mass is 16.5. The van der Waals surface area contributed by atoms with Gasteiger partial charge in [-0.1, -0.05) is 42.5 Å². The monoisotopic (exact) mass is 335 g/mol. The van der Waals surface area contributed by atoms with E-state index in [0.29, 0.717) is 18.1 Å². The van der Waals surface area contributed by atoms with E-state index in [1.54, 1.807) is 18.0 Å². The van der Waals surface area contributed by atoms with Crippen molar-refractivity contribution in [3.05, 3.63) is 66.7 Å². The molecular formula is C21H21NO3. The molecule has 4 nitrogen and oxygen atoms in total. The van der Waals surface area contributed by atoms with Gasteiger partial charge in [-0.05, 0) is 42.0 Å². The minimum Gasteiger partial charge on any atom is -0.490 e. The minimum absolute atomic E-state index is 0.0482. The van der Waals surface area contributed by atoms with Gasteiger partial charge in [0, 0.05) is 12.7 Å². The first-order valence-electron chi connectivity index (χ1n) is 8.29. The molecule has 0 saturated carbocycles. The van der Waals surface area contributed by atoms with Crippen molar-refractivity contribution in [2.24, 2.45) is 0 Å². The van der Waals surface area contributed by atoms with E-state index in [4.69, 9.17) is 9.47 Å². The molecule has 0 N–H and O–H groups in total. The molecule has 0 unspecified atom stereocenters. The Hall–Kier alpha value is -3.01. The molecule has 3 aromatic rings. The summed E-state index contributed by atoms with van der Waals surface area (Å²) in [7, 11) is 1.75. The molecule has 0 aliphatic heterocycles. The maximum Gasteiger partial charge on any atom is 0.264 e. The Morgan fingerprint density at radius 1 is 0.880 bits per heavy atom. The van der Waals surface area contributed by atoms with Crippen molar-refractivity contribution < 1.29 is 14.3 Å². The topological polar surface area (TPSA) is 38.8 Å². The summed E-state index contributed by atoms with van der Waals surface area (Å²) in [5, 5.41) is 2.25. The van der Waals surface area contributed by atoms with Crippen molar-refractivity contribution in [2.45, 2.75) is 6.92 Å². The van der Waals surface area contributed by atoms with Gasteiger partial charge < -0.3 is 14.4 Å². The summed E-state index contributed by atoms with van der Waals surface area (Å²) in [5.41, 5.74) is 0.838. The Bertz CT molecular complexity index is 876. The summed E-state index contributed by atoms with van der Waals surface area (Å²) in [4.78, 5) is 14.1. The van der Waals surface area contributed by atoms with Gasteiger partial charge in [0.1, 0.15) is 0 Å². The zero-order valence-electron chi connectivity index (χ0n) is 14.4. The third kappa shape index (κ3) is 3.91. The number of benzene rings is 3. The number of likely N-dealkylation sites (N-methyl/N-ethyl adjacent to an activating group) is 1. The third-order valence-electron chi connectivity index (χ3n) is 3.99. The Balaban J connectivity index is 1.70. The summed E-state index contributed by atoms with van der Waals surface area (Å²) >= 11 is 0. The van der Waals surface area contributed by atoms with E-state index >= 15 is 0 Å². The largest absolute Gasteiger partial charge is 0.490 e. The number of anilines is 1. The fourth-order valence-corrected chi connectivity index (χ4v) is 2.61. The summed E-state index contributed by atoms with van der Waals surface area (Å²) in [6, 6.07) is 21.4. The summed E-state index contributed by atoms with van der Waals surface area (Å²) in [6.07, 6.45) is 0. The minimum atomic E-state index is -0.124. The predicted octanol–water partition coefficient (Wildman–Crippen LogP) is 4.28. The van der Waals surface area contributed by atoms with Gasteiger partial charge >= 0.3 is 0 Å². The number of carbonyl (C=O) groups excluding carboxylic acids is 1. The van der Waals surface area contributed by atoms with Crippen molar-refractivity contribution in [1.82, 2.24) is 0 Å². The molecule has 3 aromatic carbocycles. The van der Waals surface area contributed by atoms with E-state index in [1.165, 1.54) is 0 Å². The second-order valence-electron chi connectivity index (χ2n) is 5.65. The van der Waals surface area contributed by atoms with E-state index < -0.39 is 0 Å². The van der Waals surface area contributed by atoms with E-state index in [1.807, 2.05) is 61.5 Å². The van der Waals surface area contributed by atoms with Crippen LogP contribution in [-0.4, -0.2) is 26.2 Å². The molecular weight excluding hydrogens is 314 g/mol. The Labute approximate surface area is 147 Å². The molecule has 4 heteroatoms. The molecule has 0 radical (unpaired) electrons. The van der Waals surface area contributed by atoms with E-state index in [9.17, 15) is 4.79 Å². The maximum atomic E-state index is 12.5. The molecule has 1 amide bonds. The van der Waals surface area contributed by atoms with Crippen LogP contribution in [0.2, 0.25) is 0 Å². The number of ether oxygens (including phenoxy) is 2. The van der Waals surface area contributed by atoms with Gasteiger partial charge in [-0.3, -0.25) is 4.79 Å². The molecule has 128 valence electrons. The molecule has 0 spiro atoms. The molecule has 3 rings (SSSR count). The maximum absolute atomic E-state index is 12.5. The van der Waals surface area contributed by atoms with Crippen LogP contribution < -0.4 is 14.4 Å². The van der Waals surface area contributed by atoms with Crippen LogP contribution in [0, 0.1) is 0 Å². The molecule has 0 heterocycles. The number of hydrogen-bond acceptors (Lipinski definition) is 3. The summed E-state index contributed by atoms with van der Waals surface area (Å²) in [5.74, 6) is 1.09. The van der Waals surface area contributed by atoms with Crippen molar-refractivity contribution in [3.63, 3.8) is 0 Å². The highest BCUT2D eigenvalue weighted by Crippen LogP contribution is 2.26. The number of fused-ring (bicyclic) bond motifs is 1. The molecule has 0 saturated heterocycles. The Morgan fingerprint density at radius 3 is 2.24 bits per heavy atom. The van der Waals surface area contributed by atoms with Crippen molar-refractivity contribution in [2.75, 3.05) is 25.2 Å². The third-order valence-corrected chi connectivity index (χ3v) is 3.99. The van der Waals surface area contributed by atoms with Crippen molar-refractivity contribution in [3.8, 4) is 11.5 Å². The van der Waals surface area contributed by atoms with Crippen LogP contribution in [0.4, 0.5) is 5.69 Å². The quantitative estimate of drug-likeness (QED) is 0.675. The Kier molecular flexibility index (Phi) is 5.19. The lowest BCUT2D eigenvalue weighted by molar-refractivity contribution is -0.120. The highest BCUT2D eigenvalue weighted by Gasteiger charge is 2.13. The molecule has 0 aliphatic rings. The van der Waals surface area contributed by atoms with Gasteiger partial charge in [0.2, 0.25) is 0 Å². The van der Waals surface area contributed by atoms with Crippen molar-refractivity contribution in [1.29, 1.82) is 0 Å². The molecule has 0 aliphatic carbocycles. The standard InChI is InChI=1S/C21H21NO3/c1-3-24-19-10-6-7-11-20(19)25-15-21(23)22(2)18-13-12-16-8-4-5-9-17(16)14-18/h4-14H,3,15H2,1-2H3. The number of hydrogen-bond donors (Lipinski definition) is 0. The number of amides is 1. The summed E-state index contributed by atoms with van der Waals surface area (Å²) < 4.78 is 11.2. The molecule has 0 atom stereocenters. The van der Waals surface area contributed by atoms with Gasteiger partial charge in [-0.15, -0.1) is 0 Å². The average Bonchev–Trinajstić information content (AvgIpc) is 2.66. The van der Waals surface area contributed by atoms with E-state index in [0.717, 1.165) is 16.5 Å². The van der Waals surface area contributed by atoms with Gasteiger partial charge in [-0.2, -0.15) is 0 Å². The molecule has 0 bridgehead atoms. The van der Waals surface area contributed by atoms with Gasteiger partial charge in [0.25, 0.3) is 5.91 Å². The van der Waals surface area contributed by atoms with E-state index in [2.05, 4.69) is 6.07 Å². The smallest absolute Gasteiger partial charge is 0.264 e. The normalized spacial score (nSPS) is 10.5. The van der Waals surface area contributed by atoms with Gasteiger partial charge in [0.15, 0.2) is 18.1 Å². The van der Waals surface area contributed by atoms with Crippen molar-refractivity contribution >= 4 is 22.4 Å². The van der Waals surface area contributed by atoms with E-state index in [-0.39, 0.29) is 12.5 Å². The zero-order valence-corrected chi connectivity index (χ0v) is 14.4. The first-order valence-corrected chi connectivity index (χ1v) is 8.29. The second-order valence-corrected chi connectivity index (χ2v) is 5.65. The number of nitrogens with zero attached hydrogens (tertiary/aromatic N) is 1. The van der Waals surface area contributed by atoms with Gasteiger partial charge in [-0.25, -0.2) is 0 Å². The molecule has 25 heavy (non-hydrogen) atoms. The highest BCUT2D eigenvalue weighted by molar-refractivity contribution is 5.96. The number of carbonyl (C=O) groups is 1.